The summed E-state index contributed by atoms with van der Waals surface area (Å²) in [4.78, 5) is 11.0. The number of carbonyl (C=O) groups excluding carboxylic acids is 1. The SMILES string of the molecule is CCC(=O)NCC#Cc1cccc(CC(C)C)c1.[HH]. The number of hydrogen-bond acceptors (Lipinski definition) is 1. The molecule has 1 aromatic rings. The van der Waals surface area contributed by atoms with Gasteiger partial charge in [0.25, 0.3) is 0 Å². The summed E-state index contributed by atoms with van der Waals surface area (Å²) in [7, 11) is 0. The van der Waals surface area contributed by atoms with Crippen molar-refractivity contribution in [2.75, 3.05) is 6.54 Å². The zero-order chi connectivity index (χ0) is 13.4. The summed E-state index contributed by atoms with van der Waals surface area (Å²) in [5.74, 6) is 6.73. The van der Waals surface area contributed by atoms with Crippen LogP contribution in [0.2, 0.25) is 0 Å². The van der Waals surface area contributed by atoms with Gasteiger partial charge in [-0.05, 0) is 30.0 Å². The first-order chi connectivity index (χ1) is 8.61. The fraction of sp³-hybridized carbons (Fsp3) is 0.438. The van der Waals surface area contributed by atoms with Crippen molar-refractivity contribution in [2.45, 2.75) is 33.6 Å². The molecule has 0 fully saturated rings. The molecule has 0 unspecified atom stereocenters. The second-order valence-electron chi connectivity index (χ2n) is 4.73. The summed E-state index contributed by atoms with van der Waals surface area (Å²) in [6.07, 6.45) is 1.58. The largest absolute Gasteiger partial charge is 0.345 e. The van der Waals surface area contributed by atoms with Gasteiger partial charge in [0.15, 0.2) is 0 Å². The van der Waals surface area contributed by atoms with Gasteiger partial charge in [-0.3, -0.25) is 4.79 Å². The lowest BCUT2D eigenvalue weighted by Gasteiger charge is -2.04. The summed E-state index contributed by atoms with van der Waals surface area (Å²) in [5, 5.41) is 2.74. The monoisotopic (exact) mass is 245 g/mol. The third-order valence-corrected chi connectivity index (χ3v) is 2.50. The number of amides is 1. The summed E-state index contributed by atoms with van der Waals surface area (Å²) in [5.41, 5.74) is 2.33. The molecule has 0 spiro atoms. The first-order valence-electron chi connectivity index (χ1n) is 6.46. The molecule has 1 N–H and O–H groups in total. The summed E-state index contributed by atoms with van der Waals surface area (Å²) >= 11 is 0. The molecule has 0 aliphatic heterocycles. The molecule has 0 bridgehead atoms. The zero-order valence-corrected chi connectivity index (χ0v) is 11.4. The molecule has 1 rings (SSSR count). The molecule has 0 heterocycles. The molecule has 0 saturated heterocycles. The van der Waals surface area contributed by atoms with Crippen LogP contribution in [-0.4, -0.2) is 12.5 Å². The van der Waals surface area contributed by atoms with Crippen LogP contribution in [0.15, 0.2) is 24.3 Å². The highest BCUT2D eigenvalue weighted by Crippen LogP contribution is 2.09. The van der Waals surface area contributed by atoms with E-state index in [1.54, 1.807) is 0 Å². The van der Waals surface area contributed by atoms with Crippen LogP contribution in [0.4, 0.5) is 0 Å². The van der Waals surface area contributed by atoms with Crippen LogP contribution in [0.25, 0.3) is 0 Å². The van der Waals surface area contributed by atoms with Crippen molar-refractivity contribution in [1.82, 2.24) is 5.32 Å². The minimum atomic E-state index is 0. The second-order valence-corrected chi connectivity index (χ2v) is 4.73. The van der Waals surface area contributed by atoms with Crippen molar-refractivity contribution in [3.8, 4) is 11.8 Å². The van der Waals surface area contributed by atoms with E-state index in [1.807, 2.05) is 19.1 Å². The Morgan fingerprint density at radius 1 is 1.44 bits per heavy atom. The summed E-state index contributed by atoms with van der Waals surface area (Å²) in [6.45, 7) is 6.66. The Labute approximate surface area is 111 Å². The number of rotatable bonds is 4. The van der Waals surface area contributed by atoms with Gasteiger partial charge in [0.05, 0.1) is 6.54 Å². The highest BCUT2D eigenvalue weighted by molar-refractivity contribution is 5.75. The molecular weight excluding hydrogens is 222 g/mol. The fourth-order valence-electron chi connectivity index (χ4n) is 1.66. The highest BCUT2D eigenvalue weighted by atomic mass is 16.1. The van der Waals surface area contributed by atoms with E-state index in [0.717, 1.165) is 12.0 Å². The predicted molar refractivity (Wildman–Crippen MR) is 77.3 cm³/mol. The van der Waals surface area contributed by atoms with Gasteiger partial charge in [-0.1, -0.05) is 44.7 Å². The Balaban J connectivity index is 0.00000324. The van der Waals surface area contributed by atoms with E-state index in [4.69, 9.17) is 0 Å². The molecule has 0 aromatic heterocycles. The second kappa shape index (κ2) is 7.55. The van der Waals surface area contributed by atoms with Crippen molar-refractivity contribution in [3.63, 3.8) is 0 Å². The minimum Gasteiger partial charge on any atom is -0.345 e. The van der Waals surface area contributed by atoms with E-state index in [9.17, 15) is 4.79 Å². The van der Waals surface area contributed by atoms with Crippen LogP contribution in [0, 0.1) is 17.8 Å². The molecule has 18 heavy (non-hydrogen) atoms. The lowest BCUT2D eigenvalue weighted by atomic mass is 10.0. The Morgan fingerprint density at radius 3 is 2.89 bits per heavy atom. The maximum absolute atomic E-state index is 11.0. The predicted octanol–water partition coefficient (Wildman–Crippen LogP) is 3.01. The molecule has 1 aromatic carbocycles. The molecule has 98 valence electrons. The van der Waals surface area contributed by atoms with Crippen LogP contribution in [0.1, 0.15) is 39.7 Å². The average molecular weight is 245 g/mol. The van der Waals surface area contributed by atoms with E-state index < -0.39 is 0 Å². The summed E-state index contributed by atoms with van der Waals surface area (Å²) in [6, 6.07) is 8.28. The van der Waals surface area contributed by atoms with Crippen LogP contribution in [0.3, 0.4) is 0 Å². The molecule has 1 amide bonds. The van der Waals surface area contributed by atoms with E-state index in [-0.39, 0.29) is 7.33 Å². The Morgan fingerprint density at radius 2 is 2.22 bits per heavy atom. The van der Waals surface area contributed by atoms with Gasteiger partial charge in [0, 0.05) is 13.4 Å². The molecular formula is C16H23NO. The zero-order valence-electron chi connectivity index (χ0n) is 11.4. The van der Waals surface area contributed by atoms with E-state index >= 15 is 0 Å². The Kier molecular flexibility index (Phi) is 6.00. The van der Waals surface area contributed by atoms with E-state index in [0.29, 0.717) is 18.9 Å². The molecule has 0 atom stereocenters. The van der Waals surface area contributed by atoms with Gasteiger partial charge in [-0.2, -0.15) is 0 Å². The van der Waals surface area contributed by atoms with Crippen molar-refractivity contribution in [1.29, 1.82) is 0 Å². The molecule has 2 heteroatoms. The van der Waals surface area contributed by atoms with Gasteiger partial charge >= 0.3 is 0 Å². The van der Waals surface area contributed by atoms with Crippen LogP contribution in [-0.2, 0) is 11.2 Å². The molecule has 0 aliphatic rings. The lowest BCUT2D eigenvalue weighted by molar-refractivity contribution is -0.120. The fourth-order valence-corrected chi connectivity index (χ4v) is 1.66. The van der Waals surface area contributed by atoms with E-state index in [2.05, 4.69) is 43.1 Å². The molecule has 0 saturated carbocycles. The Bertz CT molecular complexity index is 457. The van der Waals surface area contributed by atoms with Gasteiger partial charge in [-0.25, -0.2) is 0 Å². The van der Waals surface area contributed by atoms with Crippen LogP contribution < -0.4 is 5.32 Å². The van der Waals surface area contributed by atoms with Gasteiger partial charge in [0.1, 0.15) is 0 Å². The number of nitrogens with one attached hydrogen (secondary N) is 1. The standard InChI is InChI=1S/C16H21NO.H2/c1-4-16(18)17-10-6-9-14-7-5-8-15(12-14)11-13(2)3;/h5,7-8,12-13H,4,10-11H2,1-3H3,(H,17,18);1H. The van der Waals surface area contributed by atoms with Crippen molar-refractivity contribution in [2.24, 2.45) is 5.92 Å². The Hall–Kier alpha value is -1.75. The normalized spacial score (nSPS) is 9.78. The smallest absolute Gasteiger partial charge is 0.220 e. The number of benzene rings is 1. The van der Waals surface area contributed by atoms with Crippen molar-refractivity contribution in [3.05, 3.63) is 35.4 Å². The number of hydrogen-bond donors (Lipinski definition) is 1. The third-order valence-electron chi connectivity index (χ3n) is 2.50. The highest BCUT2D eigenvalue weighted by Gasteiger charge is 1.97. The van der Waals surface area contributed by atoms with Gasteiger partial charge < -0.3 is 5.32 Å². The van der Waals surface area contributed by atoms with Crippen molar-refractivity contribution < 1.29 is 6.22 Å². The quantitative estimate of drug-likeness (QED) is 0.812. The maximum Gasteiger partial charge on any atom is 0.220 e. The van der Waals surface area contributed by atoms with Crippen LogP contribution in [0.5, 0.6) is 0 Å². The first-order valence-corrected chi connectivity index (χ1v) is 6.46. The van der Waals surface area contributed by atoms with Crippen molar-refractivity contribution >= 4 is 5.91 Å². The van der Waals surface area contributed by atoms with Gasteiger partial charge in [0.2, 0.25) is 5.91 Å². The van der Waals surface area contributed by atoms with Crippen LogP contribution >= 0.6 is 0 Å². The topological polar surface area (TPSA) is 29.1 Å². The number of carbonyl (C=O) groups is 1. The van der Waals surface area contributed by atoms with Gasteiger partial charge in [-0.15, -0.1) is 0 Å². The maximum atomic E-state index is 11.0. The molecule has 0 radical (unpaired) electrons. The molecule has 2 nitrogen and oxygen atoms in total. The first kappa shape index (κ1) is 14.3. The third kappa shape index (κ3) is 5.54. The molecule has 0 aliphatic carbocycles. The summed E-state index contributed by atoms with van der Waals surface area (Å²) < 4.78 is 0. The minimum absolute atomic E-state index is 0. The lowest BCUT2D eigenvalue weighted by Crippen LogP contribution is -2.22. The van der Waals surface area contributed by atoms with E-state index in [1.165, 1.54) is 5.56 Å². The average Bonchev–Trinajstić information content (AvgIpc) is 2.34.